The third-order valence-electron chi connectivity index (χ3n) is 2.25. The van der Waals surface area contributed by atoms with Crippen LogP contribution in [-0.2, 0) is 9.59 Å². The van der Waals surface area contributed by atoms with Crippen LogP contribution in [0.4, 0.5) is 0 Å². The summed E-state index contributed by atoms with van der Waals surface area (Å²) < 4.78 is 0. The molecule has 5 heteroatoms. The molecule has 2 amide bonds. The smallest absolute Gasteiger partial charge is 0.309 e. The van der Waals surface area contributed by atoms with Gasteiger partial charge in [-0.2, -0.15) is 0 Å². The highest BCUT2D eigenvalue weighted by Crippen LogP contribution is 2.20. The lowest BCUT2D eigenvalue weighted by atomic mass is 9.87. The van der Waals surface area contributed by atoms with Crippen LogP contribution >= 0.6 is 0 Å². The van der Waals surface area contributed by atoms with Gasteiger partial charge in [-0.05, 0) is 18.8 Å². The molecule has 5 nitrogen and oxygen atoms in total. The molecule has 0 heterocycles. The number of hydrogen-bond donors (Lipinski definition) is 3. The van der Waals surface area contributed by atoms with Gasteiger partial charge in [-0.25, -0.2) is 0 Å². The van der Waals surface area contributed by atoms with Crippen LogP contribution in [0, 0.1) is 5.41 Å². The maximum atomic E-state index is 11.2. The largest absolute Gasteiger partial charge is 0.393 e. The van der Waals surface area contributed by atoms with E-state index in [0.717, 1.165) is 0 Å². The predicted octanol–water partition coefficient (Wildman–Crippen LogP) is 0.0358. The highest BCUT2D eigenvalue weighted by atomic mass is 16.3. The third-order valence-corrected chi connectivity index (χ3v) is 2.25. The van der Waals surface area contributed by atoms with Crippen LogP contribution in [0.2, 0.25) is 0 Å². The summed E-state index contributed by atoms with van der Waals surface area (Å²) in [6, 6.07) is 0. The SMILES string of the molecule is CCNC(=O)C(=O)NCCC(O)C(C)(C)C. The maximum Gasteiger partial charge on any atom is 0.309 e. The standard InChI is InChI=1S/C11H22N2O3/c1-5-12-9(15)10(16)13-7-6-8(14)11(2,3)4/h8,14H,5-7H2,1-4H3,(H,12,15)(H,13,16). The molecular formula is C11H22N2O3. The van der Waals surface area contributed by atoms with Crippen molar-refractivity contribution in [3.8, 4) is 0 Å². The predicted molar refractivity (Wildman–Crippen MR) is 61.8 cm³/mol. The first-order valence-electron chi connectivity index (χ1n) is 5.53. The number of rotatable bonds is 4. The van der Waals surface area contributed by atoms with Crippen LogP contribution in [0.1, 0.15) is 34.1 Å². The van der Waals surface area contributed by atoms with Gasteiger partial charge in [0.2, 0.25) is 0 Å². The molecule has 16 heavy (non-hydrogen) atoms. The van der Waals surface area contributed by atoms with Gasteiger partial charge in [-0.3, -0.25) is 9.59 Å². The van der Waals surface area contributed by atoms with Crippen molar-refractivity contribution in [2.45, 2.75) is 40.2 Å². The lowest BCUT2D eigenvalue weighted by Gasteiger charge is -2.25. The summed E-state index contributed by atoms with van der Waals surface area (Å²) >= 11 is 0. The van der Waals surface area contributed by atoms with Crippen LogP contribution in [0.3, 0.4) is 0 Å². The molecule has 0 aliphatic carbocycles. The van der Waals surface area contributed by atoms with Crippen molar-refractivity contribution in [2.24, 2.45) is 5.41 Å². The Bertz CT molecular complexity index is 246. The molecular weight excluding hydrogens is 208 g/mol. The van der Waals surface area contributed by atoms with Crippen molar-refractivity contribution in [2.75, 3.05) is 13.1 Å². The van der Waals surface area contributed by atoms with E-state index in [9.17, 15) is 14.7 Å². The van der Waals surface area contributed by atoms with Crippen LogP contribution in [0.5, 0.6) is 0 Å². The number of nitrogens with one attached hydrogen (secondary N) is 2. The number of carbonyl (C=O) groups excluding carboxylic acids is 2. The minimum Gasteiger partial charge on any atom is -0.393 e. The van der Waals surface area contributed by atoms with E-state index < -0.39 is 17.9 Å². The number of carbonyl (C=O) groups is 2. The zero-order chi connectivity index (χ0) is 12.8. The van der Waals surface area contributed by atoms with Gasteiger partial charge in [-0.1, -0.05) is 20.8 Å². The second-order valence-electron chi connectivity index (χ2n) is 4.79. The lowest BCUT2D eigenvalue weighted by Crippen LogP contribution is -2.41. The van der Waals surface area contributed by atoms with Crippen molar-refractivity contribution in [3.05, 3.63) is 0 Å². The maximum absolute atomic E-state index is 11.2. The van der Waals surface area contributed by atoms with Crippen molar-refractivity contribution in [1.29, 1.82) is 0 Å². The van der Waals surface area contributed by atoms with Gasteiger partial charge in [0.15, 0.2) is 0 Å². The number of aliphatic hydroxyl groups excluding tert-OH is 1. The Morgan fingerprint density at radius 3 is 2.12 bits per heavy atom. The van der Waals surface area contributed by atoms with Gasteiger partial charge >= 0.3 is 11.8 Å². The molecule has 0 saturated heterocycles. The molecule has 0 aromatic rings. The molecule has 0 rings (SSSR count). The van der Waals surface area contributed by atoms with Crippen LogP contribution < -0.4 is 10.6 Å². The zero-order valence-corrected chi connectivity index (χ0v) is 10.5. The molecule has 0 bridgehead atoms. The first kappa shape index (κ1) is 14.9. The Hall–Kier alpha value is -1.10. The van der Waals surface area contributed by atoms with E-state index in [0.29, 0.717) is 19.5 Å². The Morgan fingerprint density at radius 2 is 1.69 bits per heavy atom. The summed E-state index contributed by atoms with van der Waals surface area (Å²) in [5.41, 5.74) is -0.212. The highest BCUT2D eigenvalue weighted by molar-refractivity contribution is 6.35. The van der Waals surface area contributed by atoms with Crippen molar-refractivity contribution in [3.63, 3.8) is 0 Å². The molecule has 0 aliphatic rings. The average molecular weight is 230 g/mol. The Labute approximate surface area is 96.6 Å². The molecule has 0 saturated carbocycles. The summed E-state index contributed by atoms with van der Waals surface area (Å²) in [5.74, 6) is -1.28. The summed E-state index contributed by atoms with van der Waals surface area (Å²) in [6.07, 6.45) is -0.0590. The fourth-order valence-electron chi connectivity index (χ4n) is 1.08. The first-order chi connectivity index (χ1) is 7.29. The van der Waals surface area contributed by atoms with Crippen LogP contribution in [0.25, 0.3) is 0 Å². The Balaban J connectivity index is 3.83. The summed E-state index contributed by atoms with van der Waals surface area (Å²) in [6.45, 7) is 8.23. The van der Waals surface area contributed by atoms with E-state index in [4.69, 9.17) is 0 Å². The van der Waals surface area contributed by atoms with E-state index in [-0.39, 0.29) is 5.41 Å². The molecule has 0 aliphatic heterocycles. The second kappa shape index (κ2) is 6.48. The van der Waals surface area contributed by atoms with Gasteiger partial charge in [0.25, 0.3) is 0 Å². The second-order valence-corrected chi connectivity index (χ2v) is 4.79. The van der Waals surface area contributed by atoms with Gasteiger partial charge in [-0.15, -0.1) is 0 Å². The first-order valence-corrected chi connectivity index (χ1v) is 5.53. The van der Waals surface area contributed by atoms with E-state index in [1.165, 1.54) is 0 Å². The molecule has 0 radical (unpaired) electrons. The molecule has 0 fully saturated rings. The fourth-order valence-corrected chi connectivity index (χ4v) is 1.08. The van der Waals surface area contributed by atoms with Crippen LogP contribution in [0.15, 0.2) is 0 Å². The topological polar surface area (TPSA) is 78.4 Å². The minimum absolute atomic E-state index is 0.212. The Morgan fingerprint density at radius 1 is 1.19 bits per heavy atom. The van der Waals surface area contributed by atoms with E-state index in [2.05, 4.69) is 10.6 Å². The normalized spacial score (nSPS) is 13.1. The number of amides is 2. The van der Waals surface area contributed by atoms with E-state index in [1.807, 2.05) is 20.8 Å². The molecule has 0 spiro atoms. The molecule has 1 unspecified atom stereocenters. The molecule has 1 atom stereocenters. The molecule has 0 aromatic heterocycles. The molecule has 3 N–H and O–H groups in total. The van der Waals surface area contributed by atoms with Gasteiger partial charge < -0.3 is 15.7 Å². The fraction of sp³-hybridized carbons (Fsp3) is 0.818. The lowest BCUT2D eigenvalue weighted by molar-refractivity contribution is -0.139. The quantitative estimate of drug-likeness (QED) is 0.596. The summed E-state index contributed by atoms with van der Waals surface area (Å²) in [7, 11) is 0. The van der Waals surface area contributed by atoms with E-state index in [1.54, 1.807) is 6.92 Å². The highest BCUT2D eigenvalue weighted by Gasteiger charge is 2.22. The van der Waals surface area contributed by atoms with E-state index >= 15 is 0 Å². The average Bonchev–Trinajstić information content (AvgIpc) is 2.16. The number of hydrogen-bond acceptors (Lipinski definition) is 3. The Kier molecular flexibility index (Phi) is 6.03. The summed E-state index contributed by atoms with van der Waals surface area (Å²) in [5, 5.41) is 14.5. The summed E-state index contributed by atoms with van der Waals surface area (Å²) in [4.78, 5) is 22.2. The third kappa shape index (κ3) is 5.70. The monoisotopic (exact) mass is 230 g/mol. The van der Waals surface area contributed by atoms with Gasteiger partial charge in [0.05, 0.1) is 6.10 Å². The van der Waals surface area contributed by atoms with Gasteiger partial charge in [0.1, 0.15) is 0 Å². The minimum atomic E-state index is -0.650. The molecule has 94 valence electrons. The zero-order valence-electron chi connectivity index (χ0n) is 10.5. The van der Waals surface area contributed by atoms with Gasteiger partial charge in [0, 0.05) is 13.1 Å². The van der Waals surface area contributed by atoms with Crippen LogP contribution in [-0.4, -0.2) is 36.1 Å². The van der Waals surface area contributed by atoms with Crippen molar-refractivity contribution < 1.29 is 14.7 Å². The van der Waals surface area contributed by atoms with Crippen molar-refractivity contribution >= 4 is 11.8 Å². The number of aliphatic hydroxyl groups is 1. The number of likely N-dealkylation sites (N-methyl/N-ethyl adjacent to an activating group) is 1. The van der Waals surface area contributed by atoms with Crippen molar-refractivity contribution in [1.82, 2.24) is 10.6 Å². The molecule has 0 aromatic carbocycles.